The molecule has 2 saturated heterocycles. The zero-order valence-electron chi connectivity index (χ0n) is 18.3. The van der Waals surface area contributed by atoms with Crippen molar-refractivity contribution in [2.45, 2.75) is 39.2 Å². The van der Waals surface area contributed by atoms with Gasteiger partial charge in [0.1, 0.15) is 0 Å². The van der Waals surface area contributed by atoms with Gasteiger partial charge in [-0.3, -0.25) is 14.5 Å². The van der Waals surface area contributed by atoms with Crippen molar-refractivity contribution in [1.29, 1.82) is 0 Å². The molecule has 0 aliphatic carbocycles. The van der Waals surface area contributed by atoms with Gasteiger partial charge in [-0.25, -0.2) is 0 Å². The summed E-state index contributed by atoms with van der Waals surface area (Å²) in [5.41, 5.74) is 0.823. The summed E-state index contributed by atoms with van der Waals surface area (Å²) in [6.45, 7) is 5.68. The second kappa shape index (κ2) is 10.4. The van der Waals surface area contributed by atoms with Crippen molar-refractivity contribution < 1.29 is 18.8 Å². The fourth-order valence-electron chi connectivity index (χ4n) is 4.45. The van der Waals surface area contributed by atoms with Crippen LogP contribution in [0.2, 0.25) is 5.02 Å². The number of nitrogens with zero attached hydrogens (tertiary/aromatic N) is 4. The van der Waals surface area contributed by atoms with Crippen LogP contribution in [0.15, 0.2) is 28.8 Å². The number of piperidine rings is 2. The van der Waals surface area contributed by atoms with Crippen LogP contribution in [-0.4, -0.2) is 64.6 Å². The van der Waals surface area contributed by atoms with E-state index in [0.717, 1.165) is 31.5 Å². The third kappa shape index (κ3) is 5.48. The molecule has 0 unspecified atom stereocenters. The average molecular weight is 461 g/mol. The van der Waals surface area contributed by atoms with Gasteiger partial charge in [-0.15, -0.1) is 0 Å². The van der Waals surface area contributed by atoms with Crippen LogP contribution in [-0.2, 0) is 20.9 Å². The quantitative estimate of drug-likeness (QED) is 0.610. The lowest BCUT2D eigenvalue weighted by Gasteiger charge is -2.36. The Bertz CT molecular complexity index is 934. The van der Waals surface area contributed by atoms with Gasteiger partial charge < -0.3 is 14.2 Å². The molecule has 2 aliphatic rings. The van der Waals surface area contributed by atoms with Gasteiger partial charge in [-0.05, 0) is 57.8 Å². The Morgan fingerprint density at radius 3 is 2.53 bits per heavy atom. The van der Waals surface area contributed by atoms with Gasteiger partial charge in [0, 0.05) is 29.6 Å². The molecule has 8 nitrogen and oxygen atoms in total. The van der Waals surface area contributed by atoms with Crippen LogP contribution in [0, 0.1) is 11.8 Å². The maximum Gasteiger partial charge on any atom is 0.309 e. The molecule has 32 heavy (non-hydrogen) atoms. The molecule has 0 spiro atoms. The summed E-state index contributed by atoms with van der Waals surface area (Å²) in [5, 5.41) is 4.69. The lowest BCUT2D eigenvalue weighted by molar-refractivity contribution is -0.152. The van der Waals surface area contributed by atoms with E-state index in [1.807, 2.05) is 30.0 Å². The lowest BCUT2D eigenvalue weighted by atomic mass is 9.92. The molecule has 0 radical (unpaired) electrons. The topological polar surface area (TPSA) is 88.8 Å². The Morgan fingerprint density at radius 1 is 1.12 bits per heavy atom. The van der Waals surface area contributed by atoms with Crippen LogP contribution < -0.4 is 0 Å². The molecule has 4 rings (SSSR count). The number of benzene rings is 1. The summed E-state index contributed by atoms with van der Waals surface area (Å²) in [4.78, 5) is 33.5. The summed E-state index contributed by atoms with van der Waals surface area (Å²) in [5.74, 6) is 1.13. The standard InChI is InChI=1S/C23H29ClN4O4/c1-2-31-23(30)17-8-12-28(13-9-17)22(29)16-6-10-27(11-7-16)15-20-25-21(26-32-20)18-4-3-5-19(24)14-18/h3-5,14,16-17H,2,6-13,15H2,1H3. The maximum absolute atomic E-state index is 12.9. The maximum atomic E-state index is 12.9. The third-order valence-corrected chi connectivity index (χ3v) is 6.51. The smallest absolute Gasteiger partial charge is 0.309 e. The number of likely N-dealkylation sites (tertiary alicyclic amines) is 2. The highest BCUT2D eigenvalue weighted by atomic mass is 35.5. The normalized spacial score (nSPS) is 18.6. The number of halogens is 1. The van der Waals surface area contributed by atoms with Crippen LogP contribution in [0.5, 0.6) is 0 Å². The van der Waals surface area contributed by atoms with Crippen LogP contribution in [0.25, 0.3) is 11.4 Å². The number of rotatable bonds is 6. The number of aromatic nitrogens is 2. The SMILES string of the molecule is CCOC(=O)C1CCN(C(=O)C2CCN(Cc3nc(-c4cccc(Cl)c4)no3)CC2)CC1. The minimum absolute atomic E-state index is 0.0371. The molecular weight excluding hydrogens is 432 g/mol. The van der Waals surface area contributed by atoms with Crippen molar-refractivity contribution in [3.63, 3.8) is 0 Å². The molecule has 1 aromatic heterocycles. The molecule has 0 saturated carbocycles. The summed E-state index contributed by atoms with van der Waals surface area (Å²) in [7, 11) is 0. The highest BCUT2D eigenvalue weighted by Gasteiger charge is 2.33. The zero-order valence-corrected chi connectivity index (χ0v) is 19.1. The second-order valence-corrected chi connectivity index (χ2v) is 8.86. The average Bonchev–Trinajstić information content (AvgIpc) is 3.28. The van der Waals surface area contributed by atoms with E-state index >= 15 is 0 Å². The summed E-state index contributed by atoms with van der Waals surface area (Å²) >= 11 is 6.04. The van der Waals surface area contributed by atoms with E-state index in [1.54, 1.807) is 6.07 Å². The van der Waals surface area contributed by atoms with Crippen molar-refractivity contribution in [3.05, 3.63) is 35.2 Å². The van der Waals surface area contributed by atoms with Gasteiger partial charge in [0.2, 0.25) is 17.6 Å². The van der Waals surface area contributed by atoms with E-state index in [-0.39, 0.29) is 23.7 Å². The molecule has 172 valence electrons. The number of carbonyl (C=O) groups is 2. The minimum atomic E-state index is -0.132. The first-order valence-corrected chi connectivity index (χ1v) is 11.7. The number of carbonyl (C=O) groups excluding carboxylic acids is 2. The number of hydrogen-bond donors (Lipinski definition) is 0. The number of esters is 1. The minimum Gasteiger partial charge on any atom is -0.466 e. The van der Waals surface area contributed by atoms with Gasteiger partial charge in [0.25, 0.3) is 0 Å². The van der Waals surface area contributed by atoms with E-state index in [2.05, 4.69) is 15.0 Å². The lowest BCUT2D eigenvalue weighted by Crippen LogP contribution is -2.46. The van der Waals surface area contributed by atoms with Gasteiger partial charge in [0.15, 0.2) is 0 Å². The summed E-state index contributed by atoms with van der Waals surface area (Å²) in [6.07, 6.45) is 3.00. The third-order valence-electron chi connectivity index (χ3n) is 6.27. The Hall–Kier alpha value is -2.45. The van der Waals surface area contributed by atoms with Crippen molar-refractivity contribution >= 4 is 23.5 Å². The molecule has 1 amide bonds. The van der Waals surface area contributed by atoms with Gasteiger partial charge in [-0.1, -0.05) is 28.9 Å². The number of amides is 1. The largest absolute Gasteiger partial charge is 0.466 e. The first-order valence-electron chi connectivity index (χ1n) is 11.3. The fraction of sp³-hybridized carbons (Fsp3) is 0.565. The Kier molecular flexibility index (Phi) is 7.42. The van der Waals surface area contributed by atoms with Gasteiger partial charge in [0.05, 0.1) is 19.1 Å². The summed E-state index contributed by atoms with van der Waals surface area (Å²) < 4.78 is 10.5. The fourth-order valence-corrected chi connectivity index (χ4v) is 4.64. The Morgan fingerprint density at radius 2 is 1.84 bits per heavy atom. The van der Waals surface area contributed by atoms with Crippen LogP contribution in [0.1, 0.15) is 38.5 Å². The number of hydrogen-bond acceptors (Lipinski definition) is 7. The van der Waals surface area contributed by atoms with Crippen LogP contribution in [0.3, 0.4) is 0 Å². The van der Waals surface area contributed by atoms with E-state index < -0.39 is 0 Å². The van der Waals surface area contributed by atoms with Gasteiger partial charge >= 0.3 is 5.97 Å². The van der Waals surface area contributed by atoms with E-state index in [1.165, 1.54) is 0 Å². The summed E-state index contributed by atoms with van der Waals surface area (Å²) in [6, 6.07) is 7.37. The van der Waals surface area contributed by atoms with E-state index in [9.17, 15) is 9.59 Å². The van der Waals surface area contributed by atoms with Crippen LogP contribution in [0.4, 0.5) is 0 Å². The highest BCUT2D eigenvalue weighted by Crippen LogP contribution is 2.26. The predicted molar refractivity (Wildman–Crippen MR) is 119 cm³/mol. The van der Waals surface area contributed by atoms with E-state index in [4.69, 9.17) is 20.9 Å². The second-order valence-electron chi connectivity index (χ2n) is 8.42. The monoisotopic (exact) mass is 460 g/mol. The van der Waals surface area contributed by atoms with E-state index in [0.29, 0.717) is 55.8 Å². The number of ether oxygens (including phenoxy) is 1. The Balaban J connectivity index is 1.23. The molecule has 0 bridgehead atoms. The van der Waals surface area contributed by atoms with Crippen molar-refractivity contribution in [3.8, 4) is 11.4 Å². The first-order chi connectivity index (χ1) is 15.5. The molecule has 0 N–H and O–H groups in total. The molecule has 2 aromatic rings. The first kappa shape index (κ1) is 22.7. The molecule has 2 aliphatic heterocycles. The zero-order chi connectivity index (χ0) is 22.5. The molecule has 2 fully saturated rings. The highest BCUT2D eigenvalue weighted by molar-refractivity contribution is 6.30. The van der Waals surface area contributed by atoms with Gasteiger partial charge in [-0.2, -0.15) is 4.98 Å². The molecule has 9 heteroatoms. The molecule has 1 aromatic carbocycles. The molecule has 3 heterocycles. The van der Waals surface area contributed by atoms with Crippen LogP contribution >= 0.6 is 11.6 Å². The van der Waals surface area contributed by atoms with Crippen molar-refractivity contribution in [1.82, 2.24) is 19.9 Å². The van der Waals surface area contributed by atoms with Crippen molar-refractivity contribution in [2.24, 2.45) is 11.8 Å². The molecule has 0 atom stereocenters. The molecular formula is C23H29ClN4O4. The van der Waals surface area contributed by atoms with Crippen molar-refractivity contribution in [2.75, 3.05) is 32.8 Å². The Labute approximate surface area is 192 Å². The predicted octanol–water partition coefficient (Wildman–Crippen LogP) is 3.40.